The molecule has 30 heavy (non-hydrogen) atoms. The molecule has 0 radical (unpaired) electrons. The molecule has 2 aliphatic heterocycles. The average molecular weight is 507 g/mol. The number of aryl methyl sites for hydroxylation is 2. The van der Waals surface area contributed by atoms with E-state index in [0.29, 0.717) is 17.1 Å². The minimum absolute atomic E-state index is 0.115. The highest BCUT2D eigenvalue weighted by Gasteiger charge is 2.32. The molecule has 7 nitrogen and oxygen atoms in total. The molecule has 0 atom stereocenters. The number of rotatable bonds is 3. The quantitative estimate of drug-likeness (QED) is 0.361. The van der Waals surface area contributed by atoms with Crippen LogP contribution in [-0.4, -0.2) is 31.0 Å². The van der Waals surface area contributed by atoms with Crippen molar-refractivity contribution in [2.45, 2.75) is 37.5 Å². The zero-order chi connectivity index (χ0) is 21.0. The van der Waals surface area contributed by atoms with Crippen LogP contribution in [0, 0.1) is 6.92 Å². The molecule has 0 saturated carbocycles. The third kappa shape index (κ3) is 3.45. The third-order valence-corrected chi connectivity index (χ3v) is 8.34. The maximum Gasteiger partial charge on any atom is 0.297 e. The fraction of sp³-hybridized carbons (Fsp3) is 0.350. The van der Waals surface area contributed by atoms with Crippen LogP contribution in [0.4, 0.5) is 16.5 Å². The van der Waals surface area contributed by atoms with Crippen molar-refractivity contribution in [2.24, 2.45) is 10.2 Å². The third-order valence-electron chi connectivity index (χ3n) is 5.61. The Bertz CT molecular complexity index is 1280. The first-order valence-electron chi connectivity index (χ1n) is 9.71. The van der Waals surface area contributed by atoms with E-state index >= 15 is 0 Å². The lowest BCUT2D eigenvalue weighted by atomic mass is 9.91. The van der Waals surface area contributed by atoms with Gasteiger partial charge in [0.2, 0.25) is 5.13 Å². The maximum atomic E-state index is 12.3. The van der Waals surface area contributed by atoms with Gasteiger partial charge in [-0.2, -0.15) is 8.42 Å². The topological polar surface area (TPSA) is 95.2 Å². The number of nitrogens with zero attached hydrogens (tertiary/aromatic N) is 4. The van der Waals surface area contributed by atoms with E-state index in [9.17, 15) is 13.0 Å². The highest BCUT2D eigenvalue weighted by atomic mass is 79.9. The van der Waals surface area contributed by atoms with E-state index in [-0.39, 0.29) is 10.6 Å². The molecule has 0 saturated heterocycles. The van der Waals surface area contributed by atoms with Crippen molar-refractivity contribution in [3.8, 4) is 0 Å². The number of azo groups is 1. The van der Waals surface area contributed by atoms with Crippen molar-refractivity contribution in [3.63, 3.8) is 0 Å². The van der Waals surface area contributed by atoms with Crippen LogP contribution in [-0.2, 0) is 23.0 Å². The highest BCUT2D eigenvalue weighted by Crippen LogP contribution is 2.44. The normalized spacial score (nSPS) is 16.4. The first-order valence-corrected chi connectivity index (χ1v) is 12.8. The Morgan fingerprint density at radius 3 is 2.70 bits per heavy atom. The summed E-state index contributed by atoms with van der Waals surface area (Å²) in [4.78, 5) is 6.60. The van der Waals surface area contributed by atoms with Crippen LogP contribution in [0.3, 0.4) is 0 Å². The number of fused-ring (bicyclic) bond motifs is 1. The molecule has 0 fully saturated rings. The number of hydrogen-bond acceptors (Lipinski definition) is 7. The molecule has 0 spiro atoms. The molecular weight excluding hydrogens is 488 g/mol. The van der Waals surface area contributed by atoms with Gasteiger partial charge in [0.25, 0.3) is 10.1 Å². The van der Waals surface area contributed by atoms with Gasteiger partial charge in [-0.3, -0.25) is 4.55 Å². The monoisotopic (exact) mass is 506 g/mol. The molecule has 3 aromatic rings. The Hall–Kier alpha value is -1.88. The standard InChI is InChI=1S/C20H19BrN4O3S2/c1-11-8-15-17(10-14(11)21)29-20(22-15)24-23-16-9-12-4-2-6-25-7-3-5-13(18(12)25)19(16)30(26,27)28/h8-10H,2-7H2,1H3,(H,26,27,28). The molecule has 0 amide bonds. The van der Waals surface area contributed by atoms with Crippen LogP contribution in [0.15, 0.2) is 37.8 Å². The van der Waals surface area contributed by atoms with E-state index in [1.807, 2.05) is 19.1 Å². The Kier molecular flexibility index (Phi) is 4.92. The zero-order valence-corrected chi connectivity index (χ0v) is 19.4. The number of aromatic nitrogens is 1. The number of halogens is 1. The van der Waals surface area contributed by atoms with Gasteiger partial charge in [0.05, 0.1) is 10.2 Å². The number of benzene rings is 2. The van der Waals surface area contributed by atoms with Gasteiger partial charge in [-0.15, -0.1) is 10.2 Å². The lowest BCUT2D eigenvalue weighted by molar-refractivity contribution is 0.481. The lowest BCUT2D eigenvalue weighted by Crippen LogP contribution is -2.35. The predicted octanol–water partition coefficient (Wildman–Crippen LogP) is 5.73. The van der Waals surface area contributed by atoms with Crippen LogP contribution >= 0.6 is 27.3 Å². The summed E-state index contributed by atoms with van der Waals surface area (Å²) in [5, 5.41) is 8.93. The number of anilines is 1. The maximum absolute atomic E-state index is 12.3. The van der Waals surface area contributed by atoms with E-state index in [2.05, 4.69) is 36.0 Å². The zero-order valence-electron chi connectivity index (χ0n) is 16.2. The van der Waals surface area contributed by atoms with E-state index in [1.54, 1.807) is 6.07 Å². The highest BCUT2D eigenvalue weighted by molar-refractivity contribution is 9.10. The average Bonchev–Trinajstić information content (AvgIpc) is 3.07. The van der Waals surface area contributed by atoms with Gasteiger partial charge in [0.1, 0.15) is 10.6 Å². The summed E-state index contributed by atoms with van der Waals surface area (Å²) in [5.41, 5.74) is 4.77. The van der Waals surface area contributed by atoms with Gasteiger partial charge < -0.3 is 4.90 Å². The summed E-state index contributed by atoms with van der Waals surface area (Å²) in [7, 11) is -4.44. The van der Waals surface area contributed by atoms with Crippen molar-refractivity contribution < 1.29 is 13.0 Å². The van der Waals surface area contributed by atoms with E-state index in [1.165, 1.54) is 11.3 Å². The summed E-state index contributed by atoms with van der Waals surface area (Å²) in [6.07, 6.45) is 3.33. The second-order valence-corrected chi connectivity index (χ2v) is 10.9. The molecule has 3 heterocycles. The molecule has 0 unspecified atom stereocenters. The molecule has 2 aromatic carbocycles. The molecule has 5 rings (SSSR count). The van der Waals surface area contributed by atoms with Gasteiger partial charge in [0, 0.05) is 23.2 Å². The first-order chi connectivity index (χ1) is 14.3. The molecule has 1 N–H and O–H groups in total. The van der Waals surface area contributed by atoms with Gasteiger partial charge in [-0.05, 0) is 67.5 Å². The van der Waals surface area contributed by atoms with Gasteiger partial charge in [0.15, 0.2) is 0 Å². The minimum atomic E-state index is -4.44. The van der Waals surface area contributed by atoms with Crippen molar-refractivity contribution in [1.29, 1.82) is 0 Å². The lowest BCUT2D eigenvalue weighted by Gasteiger charge is -2.37. The molecule has 10 heteroatoms. The van der Waals surface area contributed by atoms with Crippen LogP contribution in [0.25, 0.3) is 10.2 Å². The first kappa shape index (κ1) is 20.0. The van der Waals surface area contributed by atoms with Gasteiger partial charge >= 0.3 is 0 Å². The molecule has 0 bridgehead atoms. The summed E-state index contributed by atoms with van der Waals surface area (Å²) < 4.78 is 36.5. The largest absolute Gasteiger partial charge is 0.371 e. The second-order valence-electron chi connectivity index (χ2n) is 7.65. The molecule has 2 aliphatic rings. The fourth-order valence-corrected chi connectivity index (χ4v) is 6.53. The van der Waals surface area contributed by atoms with E-state index in [4.69, 9.17) is 0 Å². The Morgan fingerprint density at radius 1 is 1.17 bits per heavy atom. The van der Waals surface area contributed by atoms with Gasteiger partial charge in [-0.25, -0.2) is 4.98 Å². The summed E-state index contributed by atoms with van der Waals surface area (Å²) in [6.45, 7) is 3.81. The van der Waals surface area contributed by atoms with Crippen LogP contribution < -0.4 is 4.90 Å². The summed E-state index contributed by atoms with van der Waals surface area (Å²) >= 11 is 4.90. The number of thiazole rings is 1. The second kappa shape index (κ2) is 7.37. The van der Waals surface area contributed by atoms with Crippen LogP contribution in [0.2, 0.25) is 0 Å². The minimum Gasteiger partial charge on any atom is -0.371 e. The smallest absolute Gasteiger partial charge is 0.297 e. The van der Waals surface area contributed by atoms with Crippen molar-refractivity contribution in [1.82, 2.24) is 4.98 Å². The molecular formula is C20H19BrN4O3S2. The Morgan fingerprint density at radius 2 is 1.93 bits per heavy atom. The SMILES string of the molecule is Cc1cc2nc(N=Nc3cc4c5c(c3S(=O)(=O)O)CCCN5CCC4)sc2cc1Br. The Labute approximate surface area is 186 Å². The van der Waals surface area contributed by atoms with Crippen LogP contribution in [0.5, 0.6) is 0 Å². The van der Waals surface area contributed by atoms with E-state index in [0.717, 1.165) is 63.9 Å². The van der Waals surface area contributed by atoms with Crippen molar-refractivity contribution in [2.75, 3.05) is 18.0 Å². The summed E-state index contributed by atoms with van der Waals surface area (Å²) in [5.74, 6) is 0. The predicted molar refractivity (Wildman–Crippen MR) is 121 cm³/mol. The number of hydrogen-bond donors (Lipinski definition) is 1. The fourth-order valence-electron chi connectivity index (χ4n) is 4.36. The molecule has 0 aliphatic carbocycles. The van der Waals surface area contributed by atoms with Crippen molar-refractivity contribution >= 4 is 64.1 Å². The molecule has 156 valence electrons. The molecule has 1 aromatic heterocycles. The van der Waals surface area contributed by atoms with Gasteiger partial charge in [-0.1, -0.05) is 27.3 Å². The summed E-state index contributed by atoms with van der Waals surface area (Å²) in [6, 6.07) is 5.72. The Balaban J connectivity index is 1.64. The van der Waals surface area contributed by atoms with E-state index < -0.39 is 10.1 Å². The van der Waals surface area contributed by atoms with Crippen LogP contribution in [0.1, 0.15) is 29.5 Å². The van der Waals surface area contributed by atoms with Crippen molar-refractivity contribution in [3.05, 3.63) is 39.4 Å².